The number of ketones is 1. The van der Waals surface area contributed by atoms with Crippen LogP contribution in [0.5, 0.6) is 0 Å². The van der Waals surface area contributed by atoms with Crippen LogP contribution >= 0.6 is 0 Å². The minimum Gasteiger partial charge on any atom is -0.304 e. The van der Waals surface area contributed by atoms with Crippen LogP contribution in [0.25, 0.3) is 0 Å². The molecular formula is C10H19NO. The average molecular weight is 169 g/mol. The second-order valence-electron chi connectivity index (χ2n) is 5.14. The summed E-state index contributed by atoms with van der Waals surface area (Å²) >= 11 is 0. The molecule has 0 amide bonds. The van der Waals surface area contributed by atoms with Crippen molar-refractivity contribution in [2.75, 3.05) is 14.1 Å². The van der Waals surface area contributed by atoms with Gasteiger partial charge in [0.25, 0.3) is 0 Å². The van der Waals surface area contributed by atoms with Gasteiger partial charge in [0.2, 0.25) is 0 Å². The Hall–Kier alpha value is -0.370. The lowest BCUT2D eigenvalue weighted by Crippen LogP contribution is -2.69. The quantitative estimate of drug-likeness (QED) is 0.593. The number of nitrogens with zero attached hydrogens (tertiary/aromatic N) is 1. The summed E-state index contributed by atoms with van der Waals surface area (Å²) in [4.78, 5) is 13.8. The molecule has 0 aromatic carbocycles. The van der Waals surface area contributed by atoms with Crippen molar-refractivity contribution in [3.05, 3.63) is 0 Å². The minimum atomic E-state index is -0.160. The third kappa shape index (κ3) is 0.939. The van der Waals surface area contributed by atoms with Crippen molar-refractivity contribution >= 4 is 5.78 Å². The molecule has 0 aromatic rings. The van der Waals surface area contributed by atoms with Crippen molar-refractivity contribution in [3.63, 3.8) is 0 Å². The maximum atomic E-state index is 11.7. The SMILES string of the molecule is CN(C)C1C(C)(C)C(=O)C1(C)C. The molecule has 70 valence electrons. The Bertz CT molecular complexity index is 198. The number of rotatable bonds is 1. The Labute approximate surface area is 74.9 Å². The van der Waals surface area contributed by atoms with E-state index < -0.39 is 0 Å². The highest BCUT2D eigenvalue weighted by atomic mass is 16.1. The third-order valence-electron chi connectivity index (χ3n) is 3.05. The minimum absolute atomic E-state index is 0.160. The maximum Gasteiger partial charge on any atom is 0.147 e. The molecule has 0 N–H and O–H groups in total. The smallest absolute Gasteiger partial charge is 0.147 e. The molecule has 1 fully saturated rings. The molecule has 12 heavy (non-hydrogen) atoms. The molecular weight excluding hydrogens is 150 g/mol. The van der Waals surface area contributed by atoms with Crippen molar-refractivity contribution in [1.82, 2.24) is 4.90 Å². The second-order valence-corrected chi connectivity index (χ2v) is 5.14. The first kappa shape index (κ1) is 9.72. The second kappa shape index (κ2) is 2.32. The molecule has 0 unspecified atom stereocenters. The van der Waals surface area contributed by atoms with E-state index >= 15 is 0 Å². The first-order valence-electron chi connectivity index (χ1n) is 4.43. The number of hydrogen-bond donors (Lipinski definition) is 0. The summed E-state index contributed by atoms with van der Waals surface area (Å²) < 4.78 is 0. The fourth-order valence-electron chi connectivity index (χ4n) is 3.19. The first-order chi connectivity index (χ1) is 5.22. The highest BCUT2D eigenvalue weighted by Gasteiger charge is 2.62. The van der Waals surface area contributed by atoms with Crippen molar-refractivity contribution in [1.29, 1.82) is 0 Å². The topological polar surface area (TPSA) is 20.3 Å². The Morgan fingerprint density at radius 2 is 1.42 bits per heavy atom. The molecule has 1 aliphatic carbocycles. The molecule has 2 nitrogen and oxygen atoms in total. The fourth-order valence-corrected chi connectivity index (χ4v) is 3.19. The van der Waals surface area contributed by atoms with Crippen molar-refractivity contribution in [2.24, 2.45) is 10.8 Å². The van der Waals surface area contributed by atoms with Gasteiger partial charge in [-0.3, -0.25) is 4.79 Å². The fraction of sp³-hybridized carbons (Fsp3) is 0.900. The Morgan fingerprint density at radius 1 is 1.08 bits per heavy atom. The highest BCUT2D eigenvalue weighted by Crippen LogP contribution is 2.51. The van der Waals surface area contributed by atoms with E-state index in [0.717, 1.165) is 0 Å². The summed E-state index contributed by atoms with van der Waals surface area (Å²) in [6.07, 6.45) is 0. The molecule has 0 aromatic heterocycles. The van der Waals surface area contributed by atoms with Crippen molar-refractivity contribution < 1.29 is 4.79 Å². The zero-order valence-corrected chi connectivity index (χ0v) is 8.93. The van der Waals surface area contributed by atoms with Gasteiger partial charge in [0.05, 0.1) is 0 Å². The van der Waals surface area contributed by atoms with Crippen molar-refractivity contribution in [3.8, 4) is 0 Å². The molecule has 0 aliphatic heterocycles. The number of Topliss-reactive ketones (excluding diaryl/α,β-unsaturated/α-hetero) is 1. The van der Waals surface area contributed by atoms with Gasteiger partial charge in [0.1, 0.15) is 5.78 Å². The van der Waals surface area contributed by atoms with Crippen LogP contribution in [0.1, 0.15) is 27.7 Å². The van der Waals surface area contributed by atoms with Gasteiger partial charge < -0.3 is 4.90 Å². The van der Waals surface area contributed by atoms with E-state index in [1.165, 1.54) is 0 Å². The molecule has 2 heteroatoms. The summed E-state index contributed by atoms with van der Waals surface area (Å²) in [5.41, 5.74) is -0.319. The standard InChI is InChI=1S/C10H19NO/c1-9(2)7(11(5)6)10(3,4)8(9)12/h7H,1-6H3. The van der Waals surface area contributed by atoms with Crippen LogP contribution in [0.3, 0.4) is 0 Å². The van der Waals surface area contributed by atoms with Gasteiger partial charge >= 0.3 is 0 Å². The lowest BCUT2D eigenvalue weighted by atomic mass is 9.50. The average Bonchev–Trinajstić information content (AvgIpc) is 1.83. The van der Waals surface area contributed by atoms with Gasteiger partial charge in [-0.05, 0) is 14.1 Å². The third-order valence-corrected chi connectivity index (χ3v) is 3.05. The van der Waals surface area contributed by atoms with Gasteiger partial charge in [-0.25, -0.2) is 0 Å². The van der Waals surface area contributed by atoms with E-state index in [0.29, 0.717) is 11.8 Å². The molecule has 1 saturated carbocycles. The number of carbonyl (C=O) groups excluding carboxylic acids is 1. The summed E-state index contributed by atoms with van der Waals surface area (Å²) in [5.74, 6) is 0.383. The van der Waals surface area contributed by atoms with Crippen LogP contribution in [0.2, 0.25) is 0 Å². The monoisotopic (exact) mass is 169 g/mol. The Morgan fingerprint density at radius 3 is 1.58 bits per heavy atom. The lowest BCUT2D eigenvalue weighted by Gasteiger charge is -2.58. The van der Waals surface area contributed by atoms with Crippen LogP contribution < -0.4 is 0 Å². The zero-order valence-electron chi connectivity index (χ0n) is 8.93. The van der Waals surface area contributed by atoms with Crippen LogP contribution in [-0.2, 0) is 4.79 Å². The van der Waals surface area contributed by atoms with E-state index in [4.69, 9.17) is 0 Å². The predicted molar refractivity (Wildman–Crippen MR) is 50.0 cm³/mol. The molecule has 1 rings (SSSR count). The van der Waals surface area contributed by atoms with Crippen LogP contribution in [0.15, 0.2) is 0 Å². The van der Waals surface area contributed by atoms with E-state index in [-0.39, 0.29) is 10.8 Å². The van der Waals surface area contributed by atoms with Crippen LogP contribution in [0, 0.1) is 10.8 Å². The van der Waals surface area contributed by atoms with E-state index in [1.54, 1.807) is 0 Å². The van der Waals surface area contributed by atoms with E-state index in [1.807, 2.05) is 41.8 Å². The Balaban J connectivity index is 2.94. The van der Waals surface area contributed by atoms with Crippen LogP contribution in [-0.4, -0.2) is 30.8 Å². The maximum absolute atomic E-state index is 11.7. The van der Waals surface area contributed by atoms with E-state index in [2.05, 4.69) is 4.90 Å². The molecule has 0 atom stereocenters. The molecule has 0 bridgehead atoms. The summed E-state index contributed by atoms with van der Waals surface area (Å²) in [7, 11) is 4.08. The Kier molecular flexibility index (Phi) is 1.88. The molecule has 0 spiro atoms. The van der Waals surface area contributed by atoms with Gasteiger partial charge in [-0.1, -0.05) is 27.7 Å². The van der Waals surface area contributed by atoms with Gasteiger partial charge in [0.15, 0.2) is 0 Å². The number of hydrogen-bond acceptors (Lipinski definition) is 2. The summed E-state index contributed by atoms with van der Waals surface area (Å²) in [5, 5.41) is 0. The molecule has 0 heterocycles. The summed E-state index contributed by atoms with van der Waals surface area (Å²) in [6.45, 7) is 8.13. The first-order valence-corrected chi connectivity index (χ1v) is 4.43. The molecule has 0 saturated heterocycles. The lowest BCUT2D eigenvalue weighted by molar-refractivity contribution is -0.167. The molecule has 0 radical (unpaired) electrons. The largest absolute Gasteiger partial charge is 0.304 e. The normalized spacial score (nSPS) is 27.4. The number of carbonyl (C=O) groups is 1. The van der Waals surface area contributed by atoms with Gasteiger partial charge in [-0.2, -0.15) is 0 Å². The van der Waals surface area contributed by atoms with Crippen LogP contribution in [0.4, 0.5) is 0 Å². The summed E-state index contributed by atoms with van der Waals surface area (Å²) in [6, 6.07) is 0.373. The predicted octanol–water partition coefficient (Wildman–Crippen LogP) is 1.55. The van der Waals surface area contributed by atoms with Gasteiger partial charge in [0, 0.05) is 16.9 Å². The van der Waals surface area contributed by atoms with Crippen molar-refractivity contribution in [2.45, 2.75) is 33.7 Å². The highest BCUT2D eigenvalue weighted by molar-refractivity contribution is 5.97. The van der Waals surface area contributed by atoms with E-state index in [9.17, 15) is 4.79 Å². The van der Waals surface area contributed by atoms with Gasteiger partial charge in [-0.15, -0.1) is 0 Å². The molecule has 1 aliphatic rings. The zero-order chi connectivity index (χ0) is 9.73.